The zero-order valence-electron chi connectivity index (χ0n) is 66.0. The van der Waals surface area contributed by atoms with Crippen molar-refractivity contribution in [3.63, 3.8) is 0 Å². The first-order valence-corrected chi connectivity index (χ1v) is 53.2. The molecule has 612 valence electrons. The molecule has 0 amide bonds. The van der Waals surface area contributed by atoms with Crippen molar-refractivity contribution in [3.05, 3.63) is 54.9 Å². The van der Waals surface area contributed by atoms with E-state index in [0.29, 0.717) is 109 Å². The van der Waals surface area contributed by atoms with E-state index < -0.39 is 126 Å². The summed E-state index contributed by atoms with van der Waals surface area (Å²) in [5.41, 5.74) is 31.2. The van der Waals surface area contributed by atoms with Gasteiger partial charge in [0.25, 0.3) is 0 Å². The first kappa shape index (κ1) is 89.4. The van der Waals surface area contributed by atoms with Crippen molar-refractivity contribution in [2.24, 2.45) is 0 Å². The van der Waals surface area contributed by atoms with E-state index in [2.05, 4.69) is 134 Å². The largest absolute Gasteiger partial charge is 0.397 e. The highest BCUT2D eigenvalue weighted by Gasteiger charge is 2.49. The third-order valence-corrected chi connectivity index (χ3v) is 28.5. The molecule has 12 rings (SSSR count). The van der Waals surface area contributed by atoms with Crippen molar-refractivity contribution >= 4 is 155 Å². The Kier molecular flexibility index (Phi) is 31.6. The topological polar surface area (TPSA) is 426 Å². The van der Waals surface area contributed by atoms with E-state index in [4.69, 9.17) is 46.9 Å². The second kappa shape index (κ2) is 38.9. The highest BCUT2D eigenvalue weighted by Crippen LogP contribution is 2.47. The van der Waals surface area contributed by atoms with Crippen LogP contribution in [0, 0.1) is 0 Å². The van der Waals surface area contributed by atoms with E-state index >= 15 is 0 Å². The van der Waals surface area contributed by atoms with Gasteiger partial charge in [0, 0.05) is 42.7 Å². The number of aliphatic hydroxyl groups excluding tert-OH is 8. The number of imidazole rings is 4. The number of nitrogens with zero attached hydrogens (tertiary/aromatic N) is 12. The summed E-state index contributed by atoms with van der Waals surface area (Å²) in [5, 5.41) is 87.3. The number of rotatable bonds is 30. The third-order valence-electron chi connectivity index (χ3n) is 19.6. The van der Waals surface area contributed by atoms with Crippen molar-refractivity contribution in [2.45, 2.75) is 218 Å². The molecule has 0 radical (unpaired) electrons. The number of thioether (sulfide) groups is 3. The Labute approximate surface area is 660 Å². The number of nitrogens with two attached hydrogens (primary N) is 4. The third kappa shape index (κ3) is 22.1. The zero-order chi connectivity index (χ0) is 80.5. The molecule has 16 N–H and O–H groups in total. The van der Waals surface area contributed by atoms with E-state index in [0.717, 1.165) is 99.1 Å². The maximum atomic E-state index is 10.8. The average Bonchev–Trinajstić information content (AvgIpc) is 1.63. The molecule has 0 bridgehead atoms. The molecule has 0 aliphatic carbocycles. The molecule has 8 aromatic rings. The van der Waals surface area contributed by atoms with E-state index in [1.165, 1.54) is 11.8 Å². The number of fused-ring (bicyclic) bond motifs is 4. The van der Waals surface area contributed by atoms with Crippen LogP contribution in [0.15, 0.2) is 64.5 Å². The summed E-state index contributed by atoms with van der Waals surface area (Å²) in [7, 11) is 0. The van der Waals surface area contributed by atoms with E-state index in [9.17, 15) is 40.9 Å². The van der Waals surface area contributed by atoms with Crippen LogP contribution in [0.3, 0.4) is 0 Å². The lowest BCUT2D eigenvalue weighted by molar-refractivity contribution is -0.0400. The van der Waals surface area contributed by atoms with Crippen LogP contribution < -0.4 is 22.9 Å². The van der Waals surface area contributed by atoms with Crippen LogP contribution in [-0.4, -0.2) is 293 Å². The lowest BCUT2D eigenvalue weighted by Crippen LogP contribution is -2.32. The number of pyridine rings is 4. The molecule has 0 spiro atoms. The Hall–Kier alpha value is -4.55. The standard InChI is InChI=1S/C20H33N4O3PS.C20H33N4O3P.C18H29N4O3PS.C17H27N4O3PS/c1-5-6-7-12-29-20-23-15-13(21)8-10-22-18(15)24(20)19-17(26)16(25)14(27-19)9-11-28(2,3)4;1-5-6-7-8-15-23-16-13(21)9-11-22-19(16)24(15)20-18(26)17(25)14(27-20)10-12-28(2,3)4;1-5-10-27-18-21-13-11(19)6-8-20-16(13)22(18)17-15(24)14(23)12(25-17)7-9-26(2,3)4;1-5-26-17-20-12-10(18)6-8-19-15(12)21(17)16-14(23)13(22)11(24-16)7-9-25(2,3)4/h8,10,14,16-17,19,25-26H,2,5-7,9,11-12H2,1,3-4H3,(H2,21,22);9,11,14,17-18,20,25-26H,2,5-8,10,12H2,1,3-4H3,(H2,21,22);6,8,12,14-15,17,23-24H,2,5,7,9-10H2,1,3-4H3,(H2,19,20);6,8,11,13-14,16,22-23H,2,5,7,9H2,1,3-4H3,(H2,18,19)/t14-,16-,17-,19-;14-,17-,18-,20-;12-,14-,15-,17-;11-,13-,14-,16-/m1111/s1. The molecule has 0 aromatic carbocycles. The average molecular weight is 1660 g/mol. The highest BCUT2D eigenvalue weighted by molar-refractivity contribution is 7.99. The first-order valence-electron chi connectivity index (χ1n) is 38.0. The molecule has 0 unspecified atom stereocenters. The number of hydrogen-bond donors (Lipinski definition) is 12. The number of nitrogen functional groups attached to an aromatic ring is 4. The summed E-state index contributed by atoms with van der Waals surface area (Å²) >= 11 is 4.70. The number of aryl methyl sites for hydroxylation is 1. The van der Waals surface area contributed by atoms with Crippen molar-refractivity contribution in [2.75, 3.05) is 118 Å². The summed E-state index contributed by atoms with van der Waals surface area (Å²) in [6, 6.07) is 6.84. The number of hydrogen-bond acceptors (Lipinski definition) is 27. The maximum absolute atomic E-state index is 10.8. The second-order valence-corrected chi connectivity index (χ2v) is 52.4. The van der Waals surface area contributed by atoms with Crippen molar-refractivity contribution in [3.8, 4) is 0 Å². The Morgan fingerprint density at radius 2 is 0.655 bits per heavy atom. The van der Waals surface area contributed by atoms with E-state index in [-0.39, 0.29) is 0 Å². The van der Waals surface area contributed by atoms with Crippen molar-refractivity contribution in [1.29, 1.82) is 0 Å². The maximum Gasteiger partial charge on any atom is 0.172 e. The Morgan fingerprint density at radius 3 is 0.955 bits per heavy atom. The molecule has 35 heteroatoms. The van der Waals surface area contributed by atoms with Gasteiger partial charge in [-0.3, -0.25) is 18.3 Å². The van der Waals surface area contributed by atoms with Gasteiger partial charge >= 0.3 is 0 Å². The number of unbranched alkanes of at least 4 members (excludes halogenated alkanes) is 4. The van der Waals surface area contributed by atoms with E-state index in [1.807, 2.05) is 11.5 Å². The molecule has 4 saturated heterocycles. The van der Waals surface area contributed by atoms with Gasteiger partial charge in [0.15, 0.2) is 63.0 Å². The van der Waals surface area contributed by atoms with Gasteiger partial charge in [-0.05, 0) is 153 Å². The monoisotopic (exact) mass is 1660 g/mol. The van der Waals surface area contributed by atoms with Crippen molar-refractivity contribution in [1.82, 2.24) is 58.1 Å². The zero-order valence-corrected chi connectivity index (χ0v) is 72.0. The summed E-state index contributed by atoms with van der Waals surface area (Å²) in [6.07, 6.45) is 25.2. The van der Waals surface area contributed by atoms with Gasteiger partial charge in [0.2, 0.25) is 0 Å². The highest BCUT2D eigenvalue weighted by atomic mass is 32.2. The molecular weight excluding hydrogens is 1540 g/mol. The predicted octanol–water partition coefficient (Wildman–Crippen LogP) is 9.56. The van der Waals surface area contributed by atoms with Crippen LogP contribution in [0.4, 0.5) is 22.7 Å². The molecule has 28 nitrogen and oxygen atoms in total. The molecule has 4 fully saturated rings. The predicted molar refractivity (Wildman–Crippen MR) is 464 cm³/mol. The van der Waals surface area contributed by atoms with E-state index in [1.54, 1.807) is 86.3 Å². The molecule has 0 saturated carbocycles. The Balaban J connectivity index is 0.000000169. The fourth-order valence-electron chi connectivity index (χ4n) is 13.5. The number of aromatic nitrogens is 12. The van der Waals surface area contributed by atoms with Gasteiger partial charge in [-0.25, -0.2) is 39.9 Å². The van der Waals surface area contributed by atoms with Crippen LogP contribution in [0.25, 0.3) is 44.7 Å². The smallest absolute Gasteiger partial charge is 0.172 e. The quantitative estimate of drug-likeness (QED) is 0.0113. The lowest BCUT2D eigenvalue weighted by Gasteiger charge is -2.20. The summed E-state index contributed by atoms with van der Waals surface area (Å²) < 4.78 is 31.7. The second-order valence-electron chi connectivity index (χ2n) is 31.8. The van der Waals surface area contributed by atoms with Gasteiger partial charge < -0.3 is 82.7 Å². The molecule has 4 aliphatic rings. The number of aliphatic hydroxyl groups is 8. The normalized spacial score (nSPS) is 25.9. The fourth-order valence-corrected chi connectivity index (χ4v) is 19.9. The molecular formula is C75H122N16O12P4S3. The van der Waals surface area contributed by atoms with Crippen molar-refractivity contribution < 1.29 is 59.8 Å². The van der Waals surface area contributed by atoms with Gasteiger partial charge in [-0.2, -0.15) is 0 Å². The minimum absolute atomic E-state index is 0.428. The molecule has 16 atom stereocenters. The van der Waals surface area contributed by atoms with Gasteiger partial charge in [-0.15, -0.1) is 52.7 Å². The molecule has 12 heterocycles. The van der Waals surface area contributed by atoms with Crippen LogP contribution in [0.2, 0.25) is 0 Å². The van der Waals surface area contributed by atoms with Gasteiger partial charge in [-0.1, -0.05) is 88.7 Å². The summed E-state index contributed by atoms with van der Waals surface area (Å²) in [5.74, 6) is 3.37. The SMILES string of the molecule is C=P(C)(C)CC[C@H]1O[C@@H](n2c(CCCCC)nc3c(N)ccnc32)[C@H](O)[C@@H]1O.C=P(C)(C)CC[C@H]1O[C@@H](n2c(SCC)nc3c(N)ccnc32)[C@H](O)[C@@H]1O.C=P(C)(C)CC[C@H]1O[C@@H](n2c(SCCC)nc3c(N)ccnc32)[C@H](O)[C@@H]1O.C=P(C)(C)CC[C@H]1O[C@@H](n2c(SCCCCC)nc3c(N)ccnc32)[C@H](O)[C@@H]1O. The Morgan fingerprint density at radius 1 is 0.373 bits per heavy atom. The van der Waals surface area contributed by atoms with Gasteiger partial charge in [0.1, 0.15) is 76.7 Å². The van der Waals surface area contributed by atoms with Crippen LogP contribution in [-0.2, 0) is 25.4 Å². The summed E-state index contributed by atoms with van der Waals surface area (Å²) in [4.78, 5) is 36.3. The minimum Gasteiger partial charge on any atom is -0.397 e. The van der Waals surface area contributed by atoms with Gasteiger partial charge in [0.05, 0.1) is 47.2 Å². The lowest BCUT2D eigenvalue weighted by atomic mass is 10.1. The molecule has 4 aliphatic heterocycles. The number of ether oxygens (including phenoxy) is 4. The minimum atomic E-state index is -1.25. The van der Waals surface area contributed by atoms with Crippen LogP contribution in [0.1, 0.15) is 129 Å². The summed E-state index contributed by atoms with van der Waals surface area (Å²) in [6.45, 7) is 20.7. The fraction of sp³-hybridized carbons (Fsp3) is 0.627. The first-order chi connectivity index (χ1) is 51.9. The van der Waals surface area contributed by atoms with Crippen LogP contribution in [0.5, 0.6) is 0 Å². The Bertz CT molecular complexity index is 4570. The molecule has 110 heavy (non-hydrogen) atoms. The van der Waals surface area contributed by atoms with Crippen LogP contribution >= 0.6 is 62.8 Å². The molecule has 8 aromatic heterocycles. The number of anilines is 4.